The Kier molecular flexibility index (Phi) is 7.48. The van der Waals surface area contributed by atoms with Crippen LogP contribution in [-0.2, 0) is 0 Å². The second-order valence-electron chi connectivity index (χ2n) is 5.94. The molecule has 0 fully saturated rings. The van der Waals surface area contributed by atoms with E-state index in [9.17, 15) is 0 Å². The van der Waals surface area contributed by atoms with Gasteiger partial charge in [-0.1, -0.05) is 97.1 Å². The smallest absolute Gasteiger partial charge is 0.0414 e. The van der Waals surface area contributed by atoms with Gasteiger partial charge in [0, 0.05) is 16.9 Å². The van der Waals surface area contributed by atoms with Crippen LogP contribution in [0.25, 0.3) is 22.3 Å². The highest BCUT2D eigenvalue weighted by Gasteiger charge is 2.01. The molecule has 0 unspecified atom stereocenters. The summed E-state index contributed by atoms with van der Waals surface area (Å²) in [5.74, 6) is 0. The van der Waals surface area contributed by atoms with Crippen LogP contribution in [0.2, 0.25) is 0 Å². The standard InChI is InChI=1S/C12H12N2.C12H10.ClH/c13-10-6-7-11(12(14)8-10)9-4-2-1-3-5-9;1-3-7-11(8-4-1)12-9-5-2-6-10-12;/h1-8H,13-14H2;1-10H;1H. The molecule has 4 aromatic carbocycles. The zero-order valence-electron chi connectivity index (χ0n) is 15.0. The van der Waals surface area contributed by atoms with Crippen molar-refractivity contribution in [3.05, 3.63) is 109 Å². The maximum Gasteiger partial charge on any atom is 0.0414 e. The summed E-state index contributed by atoms with van der Waals surface area (Å²) in [6.45, 7) is 0. The van der Waals surface area contributed by atoms with Crippen LogP contribution in [-0.4, -0.2) is 0 Å². The summed E-state index contributed by atoms with van der Waals surface area (Å²) in [4.78, 5) is 0. The lowest BCUT2D eigenvalue weighted by molar-refractivity contribution is 1.60. The fourth-order valence-corrected chi connectivity index (χ4v) is 2.72. The molecule has 0 aliphatic rings. The molecular weight excluding hydrogens is 352 g/mol. The zero-order chi connectivity index (χ0) is 18.2. The van der Waals surface area contributed by atoms with Crippen LogP contribution < -0.4 is 11.5 Å². The van der Waals surface area contributed by atoms with Gasteiger partial charge in [-0.15, -0.1) is 12.4 Å². The highest BCUT2D eigenvalue weighted by atomic mass is 35.5. The van der Waals surface area contributed by atoms with Gasteiger partial charge in [0.2, 0.25) is 0 Å². The molecule has 0 saturated carbocycles. The molecule has 0 atom stereocenters. The molecular formula is C24H23ClN2. The van der Waals surface area contributed by atoms with Gasteiger partial charge in [-0.2, -0.15) is 0 Å². The second-order valence-corrected chi connectivity index (χ2v) is 5.94. The van der Waals surface area contributed by atoms with Crippen molar-refractivity contribution in [2.24, 2.45) is 0 Å². The Labute approximate surface area is 166 Å². The Morgan fingerprint density at radius 2 is 0.852 bits per heavy atom. The Balaban J connectivity index is 0.000000189. The highest BCUT2D eigenvalue weighted by Crippen LogP contribution is 2.26. The van der Waals surface area contributed by atoms with Crippen molar-refractivity contribution in [2.75, 3.05) is 11.5 Å². The van der Waals surface area contributed by atoms with Gasteiger partial charge in [-0.3, -0.25) is 0 Å². The largest absolute Gasteiger partial charge is 0.399 e. The van der Waals surface area contributed by atoms with Crippen LogP contribution in [0, 0.1) is 0 Å². The van der Waals surface area contributed by atoms with Gasteiger partial charge in [0.1, 0.15) is 0 Å². The van der Waals surface area contributed by atoms with Crippen molar-refractivity contribution in [3.8, 4) is 22.3 Å². The summed E-state index contributed by atoms with van der Waals surface area (Å²) < 4.78 is 0. The van der Waals surface area contributed by atoms with Gasteiger partial charge in [0.25, 0.3) is 0 Å². The van der Waals surface area contributed by atoms with Gasteiger partial charge in [0.15, 0.2) is 0 Å². The Morgan fingerprint density at radius 3 is 1.26 bits per heavy atom. The predicted octanol–water partition coefficient (Wildman–Crippen LogP) is 6.29. The molecule has 27 heavy (non-hydrogen) atoms. The third kappa shape index (κ3) is 5.63. The van der Waals surface area contributed by atoms with Crippen molar-refractivity contribution < 1.29 is 0 Å². The first-order valence-corrected chi connectivity index (χ1v) is 8.55. The minimum Gasteiger partial charge on any atom is -0.399 e. The van der Waals surface area contributed by atoms with Gasteiger partial charge in [0.05, 0.1) is 0 Å². The topological polar surface area (TPSA) is 52.0 Å². The van der Waals surface area contributed by atoms with Gasteiger partial charge >= 0.3 is 0 Å². The van der Waals surface area contributed by atoms with E-state index in [1.807, 2.05) is 54.6 Å². The lowest BCUT2D eigenvalue weighted by Gasteiger charge is -2.06. The van der Waals surface area contributed by atoms with Crippen molar-refractivity contribution in [1.29, 1.82) is 0 Å². The fourth-order valence-electron chi connectivity index (χ4n) is 2.72. The van der Waals surface area contributed by atoms with Crippen LogP contribution in [0.15, 0.2) is 109 Å². The van der Waals surface area contributed by atoms with Crippen LogP contribution >= 0.6 is 12.4 Å². The van der Waals surface area contributed by atoms with E-state index in [1.54, 1.807) is 6.07 Å². The van der Waals surface area contributed by atoms with E-state index in [0.29, 0.717) is 5.69 Å². The molecule has 0 radical (unpaired) electrons. The summed E-state index contributed by atoms with van der Waals surface area (Å²) in [7, 11) is 0. The molecule has 2 nitrogen and oxygen atoms in total. The molecule has 0 bridgehead atoms. The number of benzene rings is 4. The first-order chi connectivity index (χ1) is 12.7. The molecule has 3 heteroatoms. The van der Waals surface area contributed by atoms with Crippen LogP contribution in [0.1, 0.15) is 0 Å². The van der Waals surface area contributed by atoms with Crippen molar-refractivity contribution >= 4 is 23.8 Å². The normalized spacial score (nSPS) is 9.48. The first-order valence-electron chi connectivity index (χ1n) is 8.55. The highest BCUT2D eigenvalue weighted by molar-refractivity contribution is 5.85. The van der Waals surface area contributed by atoms with Crippen molar-refractivity contribution in [3.63, 3.8) is 0 Å². The minimum atomic E-state index is 0. The van der Waals surface area contributed by atoms with Gasteiger partial charge in [-0.05, 0) is 28.8 Å². The second kappa shape index (κ2) is 10.0. The van der Waals surface area contributed by atoms with E-state index >= 15 is 0 Å². The summed E-state index contributed by atoms with van der Waals surface area (Å²) in [6.07, 6.45) is 0. The summed E-state index contributed by atoms with van der Waals surface area (Å²) in [5.41, 5.74) is 17.6. The van der Waals surface area contributed by atoms with E-state index in [-0.39, 0.29) is 12.4 Å². The van der Waals surface area contributed by atoms with E-state index in [4.69, 9.17) is 11.5 Å². The lowest BCUT2D eigenvalue weighted by atomic mass is 10.0. The zero-order valence-corrected chi connectivity index (χ0v) is 15.8. The number of anilines is 2. The molecule has 136 valence electrons. The quantitative estimate of drug-likeness (QED) is 0.405. The van der Waals surface area contributed by atoms with Crippen LogP contribution in [0.5, 0.6) is 0 Å². The number of nitrogen functional groups attached to an aromatic ring is 2. The van der Waals surface area contributed by atoms with E-state index in [0.717, 1.165) is 16.8 Å². The third-order valence-electron chi connectivity index (χ3n) is 4.04. The van der Waals surface area contributed by atoms with Gasteiger partial charge in [-0.25, -0.2) is 0 Å². The molecule has 0 saturated heterocycles. The summed E-state index contributed by atoms with van der Waals surface area (Å²) in [6, 6.07) is 36.4. The number of rotatable bonds is 2. The number of hydrogen-bond donors (Lipinski definition) is 2. The van der Waals surface area contributed by atoms with E-state index in [1.165, 1.54) is 11.1 Å². The Hall–Kier alpha value is -3.23. The fraction of sp³-hybridized carbons (Fsp3) is 0. The lowest BCUT2D eigenvalue weighted by Crippen LogP contribution is -1.92. The van der Waals surface area contributed by atoms with Gasteiger partial charge < -0.3 is 11.5 Å². The van der Waals surface area contributed by atoms with Crippen LogP contribution in [0.3, 0.4) is 0 Å². The first kappa shape index (κ1) is 20.1. The molecule has 0 aliphatic carbocycles. The number of halogens is 1. The van der Waals surface area contributed by atoms with Crippen molar-refractivity contribution in [2.45, 2.75) is 0 Å². The number of hydrogen-bond acceptors (Lipinski definition) is 2. The molecule has 0 heterocycles. The summed E-state index contributed by atoms with van der Waals surface area (Å²) >= 11 is 0. The third-order valence-corrected chi connectivity index (χ3v) is 4.04. The SMILES string of the molecule is Cl.Nc1ccc(-c2ccccc2)c(N)c1.c1ccc(-c2ccccc2)cc1. The predicted molar refractivity (Wildman–Crippen MR) is 120 cm³/mol. The number of nitrogens with two attached hydrogens (primary N) is 2. The minimum absolute atomic E-state index is 0. The average Bonchev–Trinajstić information content (AvgIpc) is 2.71. The van der Waals surface area contributed by atoms with E-state index < -0.39 is 0 Å². The molecule has 0 aliphatic heterocycles. The molecule has 4 rings (SSSR count). The molecule has 0 aromatic heterocycles. The molecule has 0 amide bonds. The van der Waals surface area contributed by atoms with Crippen molar-refractivity contribution in [1.82, 2.24) is 0 Å². The average molecular weight is 375 g/mol. The van der Waals surface area contributed by atoms with E-state index in [2.05, 4.69) is 48.5 Å². The maximum absolute atomic E-state index is 5.87. The summed E-state index contributed by atoms with van der Waals surface area (Å²) in [5, 5.41) is 0. The molecule has 4 aromatic rings. The Morgan fingerprint density at radius 1 is 0.444 bits per heavy atom. The molecule has 0 spiro atoms. The van der Waals surface area contributed by atoms with Crippen LogP contribution in [0.4, 0.5) is 11.4 Å². The Bertz CT molecular complexity index is 902. The molecule has 4 N–H and O–H groups in total. The maximum atomic E-state index is 5.87. The monoisotopic (exact) mass is 374 g/mol.